The highest BCUT2D eigenvalue weighted by Crippen LogP contribution is 2.44. The molecule has 1 heterocycles. The minimum Gasteiger partial charge on any atom is -0.369 e. The zero-order valence-electron chi connectivity index (χ0n) is 9.49. The monoisotopic (exact) mass is 221 g/mol. The van der Waals surface area contributed by atoms with Gasteiger partial charge in [-0.15, -0.1) is 0 Å². The van der Waals surface area contributed by atoms with E-state index < -0.39 is 0 Å². The number of aromatic nitrogens is 1. The molecule has 1 aliphatic carbocycles. The van der Waals surface area contributed by atoms with E-state index in [1.807, 2.05) is 0 Å². The maximum Gasteiger partial charge on any atom is 0.277 e. The van der Waals surface area contributed by atoms with Crippen LogP contribution in [0.3, 0.4) is 0 Å². The summed E-state index contributed by atoms with van der Waals surface area (Å²) in [6, 6.07) is 1.50. The normalized spacial score (nSPS) is 16.9. The minimum absolute atomic E-state index is 0.124. The smallest absolute Gasteiger partial charge is 0.277 e. The number of nitrogens with zero attached hydrogens (tertiary/aromatic N) is 2. The molecule has 5 heteroatoms. The molecule has 0 amide bonds. The van der Waals surface area contributed by atoms with Crippen molar-refractivity contribution in [3.63, 3.8) is 0 Å². The molecule has 1 aliphatic rings. The average molecular weight is 221 g/mol. The van der Waals surface area contributed by atoms with E-state index in [1.165, 1.54) is 25.1 Å². The number of hydrogen-bond acceptors (Lipinski definition) is 4. The van der Waals surface area contributed by atoms with E-state index in [-0.39, 0.29) is 10.6 Å². The first kappa shape index (κ1) is 10.9. The molecule has 2 rings (SSSR count). The van der Waals surface area contributed by atoms with E-state index in [0.29, 0.717) is 16.8 Å². The van der Waals surface area contributed by atoms with Crippen molar-refractivity contribution in [1.29, 1.82) is 0 Å². The summed E-state index contributed by atoms with van der Waals surface area (Å²) in [5.74, 6) is 0.588. The fourth-order valence-electron chi connectivity index (χ4n) is 1.50. The van der Waals surface area contributed by atoms with Crippen LogP contribution in [0.5, 0.6) is 0 Å². The van der Waals surface area contributed by atoms with Gasteiger partial charge in [0, 0.05) is 18.3 Å². The zero-order chi connectivity index (χ0) is 11.8. The molecule has 0 spiro atoms. The summed E-state index contributed by atoms with van der Waals surface area (Å²) in [6.07, 6.45) is 3.97. The van der Waals surface area contributed by atoms with Crippen LogP contribution in [-0.4, -0.2) is 16.5 Å². The summed E-state index contributed by atoms with van der Waals surface area (Å²) >= 11 is 0. The highest BCUT2D eigenvalue weighted by atomic mass is 16.6. The first-order chi connectivity index (χ1) is 7.50. The van der Waals surface area contributed by atoms with Crippen molar-refractivity contribution < 1.29 is 4.92 Å². The molecule has 1 aromatic rings. The van der Waals surface area contributed by atoms with E-state index in [0.717, 1.165) is 6.54 Å². The molecule has 1 aromatic heterocycles. The van der Waals surface area contributed by atoms with Crippen molar-refractivity contribution in [2.75, 3.05) is 11.9 Å². The van der Waals surface area contributed by atoms with Gasteiger partial charge < -0.3 is 5.32 Å². The van der Waals surface area contributed by atoms with Gasteiger partial charge in [-0.3, -0.25) is 10.1 Å². The highest BCUT2D eigenvalue weighted by Gasteiger charge is 2.36. The number of pyridine rings is 1. The Hall–Kier alpha value is -1.65. The topological polar surface area (TPSA) is 68.1 Å². The van der Waals surface area contributed by atoms with Gasteiger partial charge in [-0.25, -0.2) is 4.98 Å². The van der Waals surface area contributed by atoms with E-state index in [9.17, 15) is 10.1 Å². The van der Waals surface area contributed by atoms with Gasteiger partial charge in [0.15, 0.2) is 0 Å². The lowest BCUT2D eigenvalue weighted by molar-refractivity contribution is -0.385. The first-order valence-electron chi connectivity index (χ1n) is 5.35. The molecule has 86 valence electrons. The second kappa shape index (κ2) is 3.73. The van der Waals surface area contributed by atoms with Crippen LogP contribution in [0.15, 0.2) is 12.3 Å². The van der Waals surface area contributed by atoms with E-state index >= 15 is 0 Å². The molecular weight excluding hydrogens is 206 g/mol. The van der Waals surface area contributed by atoms with Crippen molar-refractivity contribution in [3.8, 4) is 0 Å². The average Bonchev–Trinajstić information content (AvgIpc) is 2.96. The van der Waals surface area contributed by atoms with Crippen molar-refractivity contribution in [2.24, 2.45) is 5.41 Å². The van der Waals surface area contributed by atoms with Gasteiger partial charge in [0.25, 0.3) is 5.69 Å². The SMILES string of the molecule is Cc1cnc(NCC2(C)CC2)cc1[N+](=O)[O-]. The molecule has 0 saturated heterocycles. The maximum absolute atomic E-state index is 10.7. The van der Waals surface area contributed by atoms with Crippen LogP contribution in [0.1, 0.15) is 25.3 Å². The largest absolute Gasteiger partial charge is 0.369 e. The molecule has 1 fully saturated rings. The lowest BCUT2D eigenvalue weighted by Gasteiger charge is -2.10. The van der Waals surface area contributed by atoms with Gasteiger partial charge in [-0.05, 0) is 25.2 Å². The minimum atomic E-state index is -0.374. The molecule has 1 saturated carbocycles. The summed E-state index contributed by atoms with van der Waals surface area (Å²) in [6.45, 7) is 4.72. The van der Waals surface area contributed by atoms with Crippen molar-refractivity contribution >= 4 is 11.5 Å². The lowest BCUT2D eigenvalue weighted by Crippen LogP contribution is -2.12. The first-order valence-corrected chi connectivity index (χ1v) is 5.35. The molecule has 0 aromatic carbocycles. The summed E-state index contributed by atoms with van der Waals surface area (Å²) in [7, 11) is 0. The number of aryl methyl sites for hydroxylation is 1. The zero-order valence-corrected chi connectivity index (χ0v) is 9.49. The van der Waals surface area contributed by atoms with Crippen LogP contribution in [0, 0.1) is 22.5 Å². The molecule has 1 N–H and O–H groups in total. The van der Waals surface area contributed by atoms with Gasteiger partial charge in [0.2, 0.25) is 0 Å². The van der Waals surface area contributed by atoms with Gasteiger partial charge in [0.05, 0.1) is 11.0 Å². The van der Waals surface area contributed by atoms with Gasteiger partial charge in [0.1, 0.15) is 5.82 Å². The van der Waals surface area contributed by atoms with Crippen LogP contribution in [0.25, 0.3) is 0 Å². The van der Waals surface area contributed by atoms with Gasteiger partial charge in [-0.2, -0.15) is 0 Å². The predicted molar refractivity (Wildman–Crippen MR) is 61.5 cm³/mol. The quantitative estimate of drug-likeness (QED) is 0.626. The summed E-state index contributed by atoms with van der Waals surface area (Å²) in [4.78, 5) is 14.5. The third-order valence-corrected chi connectivity index (χ3v) is 3.07. The third-order valence-electron chi connectivity index (χ3n) is 3.07. The van der Waals surface area contributed by atoms with Gasteiger partial charge in [-0.1, -0.05) is 6.92 Å². The molecule has 0 atom stereocenters. The summed E-state index contributed by atoms with van der Waals surface area (Å²) < 4.78 is 0. The molecular formula is C11H15N3O2. The van der Waals surface area contributed by atoms with E-state index in [2.05, 4.69) is 17.2 Å². The van der Waals surface area contributed by atoms with Crippen molar-refractivity contribution in [1.82, 2.24) is 4.98 Å². The highest BCUT2D eigenvalue weighted by molar-refractivity contribution is 5.49. The second-order valence-electron chi connectivity index (χ2n) is 4.78. The Kier molecular flexibility index (Phi) is 2.53. The number of hydrogen-bond donors (Lipinski definition) is 1. The standard InChI is InChI=1S/C11H15N3O2/c1-8-6-12-10(5-9(8)14(15)16)13-7-11(2)3-4-11/h5-6H,3-4,7H2,1-2H3,(H,12,13). The van der Waals surface area contributed by atoms with Crippen LogP contribution in [0.2, 0.25) is 0 Å². The maximum atomic E-state index is 10.7. The molecule has 5 nitrogen and oxygen atoms in total. The molecule has 0 bridgehead atoms. The fraction of sp³-hybridized carbons (Fsp3) is 0.545. The predicted octanol–water partition coefficient (Wildman–Crippen LogP) is 2.51. The molecule has 0 radical (unpaired) electrons. The molecule has 0 aliphatic heterocycles. The Morgan fingerprint density at radius 3 is 2.88 bits per heavy atom. The van der Waals surface area contributed by atoms with E-state index in [1.54, 1.807) is 6.92 Å². The lowest BCUT2D eigenvalue weighted by atomic mass is 10.1. The Labute approximate surface area is 94.0 Å². The van der Waals surface area contributed by atoms with Crippen LogP contribution >= 0.6 is 0 Å². The fourth-order valence-corrected chi connectivity index (χ4v) is 1.50. The van der Waals surface area contributed by atoms with Crippen molar-refractivity contribution in [3.05, 3.63) is 27.9 Å². The Balaban J connectivity index is 2.09. The van der Waals surface area contributed by atoms with Crippen LogP contribution in [-0.2, 0) is 0 Å². The van der Waals surface area contributed by atoms with E-state index in [4.69, 9.17) is 0 Å². The van der Waals surface area contributed by atoms with Crippen LogP contribution in [0.4, 0.5) is 11.5 Å². The number of nitro groups is 1. The number of anilines is 1. The number of nitrogens with one attached hydrogen (secondary N) is 1. The Bertz CT molecular complexity index is 427. The third kappa shape index (κ3) is 2.29. The van der Waals surface area contributed by atoms with Crippen LogP contribution < -0.4 is 5.32 Å². The Morgan fingerprint density at radius 2 is 2.31 bits per heavy atom. The molecule has 0 unspecified atom stereocenters. The van der Waals surface area contributed by atoms with Gasteiger partial charge >= 0.3 is 0 Å². The second-order valence-corrected chi connectivity index (χ2v) is 4.78. The molecule has 16 heavy (non-hydrogen) atoms. The van der Waals surface area contributed by atoms with Crippen molar-refractivity contribution in [2.45, 2.75) is 26.7 Å². The number of rotatable bonds is 4. The Morgan fingerprint density at radius 1 is 1.62 bits per heavy atom. The summed E-state index contributed by atoms with van der Waals surface area (Å²) in [5, 5.41) is 13.9. The summed E-state index contributed by atoms with van der Waals surface area (Å²) in [5.41, 5.74) is 1.08.